The smallest absolute Gasteiger partial charge is 0.227 e. The Bertz CT molecular complexity index is 280. The molecule has 0 aliphatic heterocycles. The van der Waals surface area contributed by atoms with Crippen LogP contribution in [0.25, 0.3) is 0 Å². The molecule has 2 atom stereocenters. The van der Waals surface area contributed by atoms with Gasteiger partial charge in [-0.2, -0.15) is 0 Å². The van der Waals surface area contributed by atoms with Crippen molar-refractivity contribution in [2.75, 3.05) is 6.54 Å². The van der Waals surface area contributed by atoms with E-state index in [-0.39, 0.29) is 17.4 Å². The predicted molar refractivity (Wildman–Crippen MR) is 76.1 cm³/mol. The molecule has 0 heterocycles. The molecule has 1 amide bonds. The number of nitrogens with one attached hydrogen (secondary N) is 1. The second kappa shape index (κ2) is 6.05. The summed E-state index contributed by atoms with van der Waals surface area (Å²) in [4.78, 5) is 12.3. The Balaban J connectivity index is 2.55. The SMILES string of the molecule is CC(C)C(CNC(=O)C1(C)CCCC1N)C(C)C. The minimum absolute atomic E-state index is 0.0223. The maximum atomic E-state index is 12.3. The van der Waals surface area contributed by atoms with E-state index in [1.54, 1.807) is 0 Å². The molecule has 1 saturated carbocycles. The Morgan fingerprint density at radius 3 is 2.28 bits per heavy atom. The summed E-state index contributed by atoms with van der Waals surface area (Å²) in [7, 11) is 0. The van der Waals surface area contributed by atoms with Gasteiger partial charge in [-0.15, -0.1) is 0 Å². The van der Waals surface area contributed by atoms with E-state index in [9.17, 15) is 4.79 Å². The van der Waals surface area contributed by atoms with Crippen LogP contribution in [0.5, 0.6) is 0 Å². The molecule has 0 aromatic carbocycles. The van der Waals surface area contributed by atoms with Crippen LogP contribution in [0.15, 0.2) is 0 Å². The van der Waals surface area contributed by atoms with Gasteiger partial charge in [-0.25, -0.2) is 0 Å². The van der Waals surface area contributed by atoms with Crippen molar-refractivity contribution in [2.24, 2.45) is 28.9 Å². The number of amides is 1. The van der Waals surface area contributed by atoms with Gasteiger partial charge in [0.25, 0.3) is 0 Å². The van der Waals surface area contributed by atoms with E-state index in [0.29, 0.717) is 17.8 Å². The predicted octanol–water partition coefficient (Wildman–Crippen LogP) is 2.55. The third-order valence-electron chi connectivity index (χ3n) is 4.76. The fraction of sp³-hybridized carbons (Fsp3) is 0.933. The lowest BCUT2D eigenvalue weighted by atomic mass is 9.82. The lowest BCUT2D eigenvalue weighted by molar-refractivity contribution is -0.130. The zero-order valence-corrected chi connectivity index (χ0v) is 12.6. The maximum Gasteiger partial charge on any atom is 0.227 e. The summed E-state index contributed by atoms with van der Waals surface area (Å²) < 4.78 is 0. The maximum absolute atomic E-state index is 12.3. The molecule has 1 rings (SSSR count). The molecule has 18 heavy (non-hydrogen) atoms. The van der Waals surface area contributed by atoms with E-state index in [4.69, 9.17) is 5.73 Å². The average Bonchev–Trinajstić information content (AvgIpc) is 2.59. The lowest BCUT2D eigenvalue weighted by Gasteiger charge is -2.30. The first-order chi connectivity index (χ1) is 8.29. The van der Waals surface area contributed by atoms with Crippen molar-refractivity contribution in [2.45, 2.75) is 59.9 Å². The van der Waals surface area contributed by atoms with E-state index in [2.05, 4.69) is 33.0 Å². The molecule has 0 saturated heterocycles. The fourth-order valence-electron chi connectivity index (χ4n) is 3.13. The van der Waals surface area contributed by atoms with Gasteiger partial charge in [-0.05, 0) is 37.5 Å². The molecule has 3 N–H and O–H groups in total. The van der Waals surface area contributed by atoms with E-state index >= 15 is 0 Å². The molecular formula is C15H30N2O. The molecule has 0 aromatic heterocycles. The Hall–Kier alpha value is -0.570. The minimum atomic E-state index is -0.349. The lowest BCUT2D eigenvalue weighted by Crippen LogP contribution is -2.49. The molecule has 2 unspecified atom stereocenters. The Morgan fingerprint density at radius 2 is 1.89 bits per heavy atom. The third kappa shape index (κ3) is 3.25. The van der Waals surface area contributed by atoms with Crippen LogP contribution in [-0.4, -0.2) is 18.5 Å². The molecule has 3 nitrogen and oxygen atoms in total. The number of hydrogen-bond acceptors (Lipinski definition) is 2. The van der Waals surface area contributed by atoms with Crippen LogP contribution in [0.2, 0.25) is 0 Å². The molecule has 0 radical (unpaired) electrons. The zero-order valence-electron chi connectivity index (χ0n) is 12.6. The van der Waals surface area contributed by atoms with Crippen molar-refractivity contribution < 1.29 is 4.79 Å². The van der Waals surface area contributed by atoms with E-state index in [1.807, 2.05) is 6.92 Å². The molecule has 0 spiro atoms. The van der Waals surface area contributed by atoms with Gasteiger partial charge < -0.3 is 11.1 Å². The topological polar surface area (TPSA) is 55.1 Å². The van der Waals surface area contributed by atoms with Crippen LogP contribution in [0, 0.1) is 23.2 Å². The summed E-state index contributed by atoms with van der Waals surface area (Å²) in [6.07, 6.45) is 2.97. The van der Waals surface area contributed by atoms with Gasteiger partial charge in [0.05, 0.1) is 5.41 Å². The van der Waals surface area contributed by atoms with Crippen molar-refractivity contribution in [3.8, 4) is 0 Å². The van der Waals surface area contributed by atoms with Gasteiger partial charge in [0.1, 0.15) is 0 Å². The van der Waals surface area contributed by atoms with Crippen LogP contribution in [0.1, 0.15) is 53.9 Å². The molecule has 0 aromatic rings. The first kappa shape index (κ1) is 15.5. The third-order valence-corrected chi connectivity index (χ3v) is 4.76. The normalized spacial score (nSPS) is 28.4. The summed E-state index contributed by atoms with van der Waals surface area (Å²) in [5.74, 6) is 1.87. The van der Waals surface area contributed by atoms with Crippen molar-refractivity contribution in [1.82, 2.24) is 5.32 Å². The van der Waals surface area contributed by atoms with Crippen molar-refractivity contribution in [3.63, 3.8) is 0 Å². The molecule has 1 aliphatic carbocycles. The van der Waals surface area contributed by atoms with Crippen molar-refractivity contribution in [3.05, 3.63) is 0 Å². The molecule has 106 valence electrons. The highest BCUT2D eigenvalue weighted by Gasteiger charge is 2.42. The molecule has 1 aliphatic rings. The summed E-state index contributed by atoms with van der Waals surface area (Å²) in [5, 5.41) is 3.14. The highest BCUT2D eigenvalue weighted by molar-refractivity contribution is 5.83. The van der Waals surface area contributed by atoms with Crippen LogP contribution in [-0.2, 0) is 4.79 Å². The van der Waals surface area contributed by atoms with Crippen LogP contribution in [0.4, 0.5) is 0 Å². The van der Waals surface area contributed by atoms with Gasteiger partial charge in [0, 0.05) is 12.6 Å². The number of nitrogens with two attached hydrogens (primary N) is 1. The van der Waals surface area contributed by atoms with Crippen LogP contribution >= 0.6 is 0 Å². The van der Waals surface area contributed by atoms with Gasteiger partial charge in [-0.1, -0.05) is 34.1 Å². The first-order valence-electron chi connectivity index (χ1n) is 7.33. The van der Waals surface area contributed by atoms with Crippen LogP contribution in [0.3, 0.4) is 0 Å². The van der Waals surface area contributed by atoms with E-state index in [1.165, 1.54) is 0 Å². The summed E-state index contributed by atoms with van der Waals surface area (Å²) in [6.45, 7) is 11.7. The van der Waals surface area contributed by atoms with Crippen LogP contribution < -0.4 is 11.1 Å². The first-order valence-corrected chi connectivity index (χ1v) is 7.33. The quantitative estimate of drug-likeness (QED) is 0.792. The van der Waals surface area contributed by atoms with E-state index < -0.39 is 0 Å². The largest absolute Gasteiger partial charge is 0.355 e. The zero-order chi connectivity index (χ0) is 13.9. The molecule has 0 bridgehead atoms. The molecule has 1 fully saturated rings. The Morgan fingerprint density at radius 1 is 1.33 bits per heavy atom. The van der Waals surface area contributed by atoms with Gasteiger partial charge in [0.2, 0.25) is 5.91 Å². The summed E-state index contributed by atoms with van der Waals surface area (Å²) in [5.41, 5.74) is 5.73. The fourth-order valence-corrected chi connectivity index (χ4v) is 3.13. The van der Waals surface area contributed by atoms with Crippen molar-refractivity contribution in [1.29, 1.82) is 0 Å². The minimum Gasteiger partial charge on any atom is -0.355 e. The standard InChI is InChI=1S/C15H30N2O/c1-10(2)12(11(3)4)9-17-14(18)15(5)8-6-7-13(15)16/h10-13H,6-9,16H2,1-5H3,(H,17,18). The summed E-state index contributed by atoms with van der Waals surface area (Å²) >= 11 is 0. The monoisotopic (exact) mass is 254 g/mol. The van der Waals surface area contributed by atoms with E-state index in [0.717, 1.165) is 25.8 Å². The highest BCUT2D eigenvalue weighted by atomic mass is 16.2. The number of rotatable bonds is 5. The Kier molecular flexibility index (Phi) is 5.20. The second-order valence-electron chi connectivity index (χ2n) is 6.78. The second-order valence-corrected chi connectivity index (χ2v) is 6.78. The number of hydrogen-bond donors (Lipinski definition) is 2. The Labute approximate surface area is 112 Å². The average molecular weight is 254 g/mol. The van der Waals surface area contributed by atoms with Gasteiger partial charge in [-0.3, -0.25) is 4.79 Å². The molecule has 3 heteroatoms. The summed E-state index contributed by atoms with van der Waals surface area (Å²) in [6, 6.07) is 0.0223. The number of carbonyl (C=O) groups excluding carboxylic acids is 1. The van der Waals surface area contributed by atoms with Gasteiger partial charge >= 0.3 is 0 Å². The van der Waals surface area contributed by atoms with Gasteiger partial charge in [0.15, 0.2) is 0 Å². The van der Waals surface area contributed by atoms with Crippen molar-refractivity contribution >= 4 is 5.91 Å². The molecular weight excluding hydrogens is 224 g/mol. The number of carbonyl (C=O) groups is 1. The highest BCUT2D eigenvalue weighted by Crippen LogP contribution is 2.36.